The molecule has 1 rings (SSSR count). The Labute approximate surface area is 68.6 Å². The van der Waals surface area contributed by atoms with Gasteiger partial charge in [0.05, 0.1) is 5.02 Å². The minimum atomic E-state index is -0.0162. The fourth-order valence-corrected chi connectivity index (χ4v) is 1.73. The van der Waals surface area contributed by atoms with Crippen LogP contribution in [0.2, 0.25) is 5.02 Å². The summed E-state index contributed by atoms with van der Waals surface area (Å²) in [6.45, 7) is 1.86. The Balaban J connectivity index is 2.84. The normalized spacial score (nSPS) is 13.0. The van der Waals surface area contributed by atoms with Crippen molar-refractivity contribution in [1.82, 2.24) is 0 Å². The Kier molecular flexibility index (Phi) is 2.46. The van der Waals surface area contributed by atoms with Crippen LogP contribution in [-0.2, 0) is 4.79 Å². The van der Waals surface area contributed by atoms with E-state index < -0.39 is 0 Å². The van der Waals surface area contributed by atoms with E-state index in [9.17, 15) is 4.79 Å². The molecule has 0 aliphatic heterocycles. The number of carbonyl (C=O) groups excluding carboxylic acids is 1. The van der Waals surface area contributed by atoms with E-state index in [4.69, 9.17) is 11.6 Å². The molecule has 1 aromatic rings. The summed E-state index contributed by atoms with van der Waals surface area (Å²) in [4.78, 5) is 11.3. The van der Waals surface area contributed by atoms with Gasteiger partial charge >= 0.3 is 0 Å². The van der Waals surface area contributed by atoms with E-state index in [1.165, 1.54) is 11.3 Å². The van der Waals surface area contributed by atoms with Gasteiger partial charge in [0.2, 0.25) is 0 Å². The van der Waals surface area contributed by atoms with Crippen molar-refractivity contribution in [3.63, 3.8) is 0 Å². The highest BCUT2D eigenvalue weighted by molar-refractivity contribution is 7.10. The Morgan fingerprint density at radius 1 is 1.80 bits per heavy atom. The second-order valence-corrected chi connectivity index (χ2v) is 3.47. The van der Waals surface area contributed by atoms with Crippen LogP contribution in [0.15, 0.2) is 11.4 Å². The maximum Gasteiger partial charge on any atom is 0.127 e. The van der Waals surface area contributed by atoms with Crippen molar-refractivity contribution in [2.45, 2.75) is 12.8 Å². The van der Waals surface area contributed by atoms with Gasteiger partial charge in [0.15, 0.2) is 0 Å². The summed E-state index contributed by atoms with van der Waals surface area (Å²) in [7, 11) is 0. The molecule has 1 heterocycles. The molecular weight excluding hydrogens is 168 g/mol. The van der Waals surface area contributed by atoms with Crippen molar-refractivity contribution in [3.8, 4) is 0 Å². The standard InChI is InChI=1S/C7H7ClOS/c1-5(3-9)7-2-6(8)4-10-7/h2-5H,1H3. The molecule has 1 aromatic heterocycles. The third-order valence-corrected chi connectivity index (χ3v) is 2.72. The van der Waals surface area contributed by atoms with Crippen LogP contribution >= 0.6 is 22.9 Å². The van der Waals surface area contributed by atoms with Gasteiger partial charge in [0.1, 0.15) is 6.29 Å². The zero-order valence-electron chi connectivity index (χ0n) is 5.50. The second-order valence-electron chi connectivity index (χ2n) is 2.09. The van der Waals surface area contributed by atoms with Crippen LogP contribution in [0.5, 0.6) is 0 Å². The molecule has 0 bridgehead atoms. The molecule has 0 spiro atoms. The summed E-state index contributed by atoms with van der Waals surface area (Å²) in [6.07, 6.45) is 0.919. The van der Waals surface area contributed by atoms with Gasteiger partial charge in [-0.2, -0.15) is 0 Å². The van der Waals surface area contributed by atoms with Crippen LogP contribution in [0, 0.1) is 0 Å². The fraction of sp³-hybridized carbons (Fsp3) is 0.286. The third kappa shape index (κ3) is 1.58. The summed E-state index contributed by atoms with van der Waals surface area (Å²) in [6, 6.07) is 1.82. The van der Waals surface area contributed by atoms with Gasteiger partial charge in [-0.3, -0.25) is 0 Å². The first-order chi connectivity index (χ1) is 4.74. The van der Waals surface area contributed by atoms with Gasteiger partial charge in [-0.15, -0.1) is 11.3 Å². The molecule has 0 fully saturated rings. The lowest BCUT2D eigenvalue weighted by Gasteiger charge is -1.94. The van der Waals surface area contributed by atoms with E-state index in [0.717, 1.165) is 11.2 Å². The second kappa shape index (κ2) is 3.17. The van der Waals surface area contributed by atoms with Gasteiger partial charge in [-0.1, -0.05) is 18.5 Å². The lowest BCUT2D eigenvalue weighted by molar-refractivity contribution is -0.108. The molecule has 0 aromatic carbocycles. The number of carbonyl (C=O) groups is 1. The molecule has 54 valence electrons. The zero-order chi connectivity index (χ0) is 7.56. The van der Waals surface area contributed by atoms with Crippen LogP contribution in [0.4, 0.5) is 0 Å². The lowest BCUT2D eigenvalue weighted by Crippen LogP contribution is -1.88. The quantitative estimate of drug-likeness (QED) is 0.631. The summed E-state index contributed by atoms with van der Waals surface area (Å²) in [5.41, 5.74) is 0. The van der Waals surface area contributed by atoms with Crippen molar-refractivity contribution < 1.29 is 4.79 Å². The van der Waals surface area contributed by atoms with Gasteiger partial charge in [-0.05, 0) is 6.07 Å². The molecule has 0 N–H and O–H groups in total. The summed E-state index contributed by atoms with van der Waals surface area (Å²) >= 11 is 7.17. The number of rotatable bonds is 2. The lowest BCUT2D eigenvalue weighted by atomic mass is 10.2. The molecule has 3 heteroatoms. The minimum absolute atomic E-state index is 0.0162. The average Bonchev–Trinajstić information content (AvgIpc) is 2.34. The number of hydrogen-bond acceptors (Lipinski definition) is 2. The molecule has 0 radical (unpaired) electrons. The first-order valence-corrected chi connectivity index (χ1v) is 4.19. The molecule has 0 aliphatic carbocycles. The Morgan fingerprint density at radius 2 is 2.50 bits per heavy atom. The molecule has 0 saturated heterocycles. The van der Waals surface area contributed by atoms with Crippen molar-refractivity contribution in [2.24, 2.45) is 0 Å². The van der Waals surface area contributed by atoms with Gasteiger partial charge < -0.3 is 4.79 Å². The maximum absolute atomic E-state index is 10.3. The highest BCUT2D eigenvalue weighted by Crippen LogP contribution is 2.24. The molecule has 0 amide bonds. The number of halogens is 1. The van der Waals surface area contributed by atoms with E-state index in [1.54, 1.807) is 0 Å². The highest BCUT2D eigenvalue weighted by atomic mass is 35.5. The van der Waals surface area contributed by atoms with E-state index in [-0.39, 0.29) is 5.92 Å². The number of hydrogen-bond donors (Lipinski definition) is 0. The zero-order valence-corrected chi connectivity index (χ0v) is 7.08. The number of aldehydes is 1. The maximum atomic E-state index is 10.3. The van der Waals surface area contributed by atoms with E-state index in [1.807, 2.05) is 18.4 Å². The van der Waals surface area contributed by atoms with Gasteiger partial charge in [-0.25, -0.2) is 0 Å². The molecule has 0 saturated carbocycles. The monoisotopic (exact) mass is 174 g/mol. The van der Waals surface area contributed by atoms with Crippen molar-refractivity contribution in [3.05, 3.63) is 21.3 Å². The predicted molar refractivity (Wildman–Crippen MR) is 43.8 cm³/mol. The van der Waals surface area contributed by atoms with Crippen LogP contribution in [0.1, 0.15) is 17.7 Å². The third-order valence-electron chi connectivity index (χ3n) is 1.24. The summed E-state index contributed by atoms with van der Waals surface area (Å²) in [5, 5.41) is 2.55. The Bertz CT molecular complexity index is 231. The average molecular weight is 175 g/mol. The first kappa shape index (κ1) is 7.76. The van der Waals surface area contributed by atoms with Crippen LogP contribution in [0.3, 0.4) is 0 Å². The summed E-state index contributed by atoms with van der Waals surface area (Å²) in [5.74, 6) is -0.0162. The first-order valence-electron chi connectivity index (χ1n) is 2.93. The molecule has 10 heavy (non-hydrogen) atoms. The SMILES string of the molecule is CC(C=O)c1cc(Cl)cs1. The van der Waals surface area contributed by atoms with Crippen molar-refractivity contribution in [1.29, 1.82) is 0 Å². The van der Waals surface area contributed by atoms with Crippen LogP contribution in [-0.4, -0.2) is 6.29 Å². The molecule has 1 atom stereocenters. The summed E-state index contributed by atoms with van der Waals surface area (Å²) < 4.78 is 0. The highest BCUT2D eigenvalue weighted by Gasteiger charge is 2.05. The number of thiophene rings is 1. The topological polar surface area (TPSA) is 17.1 Å². The minimum Gasteiger partial charge on any atom is -0.303 e. The molecule has 1 unspecified atom stereocenters. The van der Waals surface area contributed by atoms with E-state index >= 15 is 0 Å². The molecule has 1 nitrogen and oxygen atoms in total. The molecular formula is C7H7ClOS. The van der Waals surface area contributed by atoms with Gasteiger partial charge in [0, 0.05) is 16.2 Å². The van der Waals surface area contributed by atoms with Gasteiger partial charge in [0.25, 0.3) is 0 Å². The Hall–Kier alpha value is -0.340. The Morgan fingerprint density at radius 3 is 2.90 bits per heavy atom. The smallest absolute Gasteiger partial charge is 0.127 e. The van der Waals surface area contributed by atoms with Crippen LogP contribution < -0.4 is 0 Å². The van der Waals surface area contributed by atoms with Crippen molar-refractivity contribution >= 4 is 29.2 Å². The van der Waals surface area contributed by atoms with Crippen LogP contribution in [0.25, 0.3) is 0 Å². The predicted octanol–water partition coefficient (Wildman–Crippen LogP) is 2.70. The van der Waals surface area contributed by atoms with E-state index in [2.05, 4.69) is 0 Å². The largest absolute Gasteiger partial charge is 0.303 e. The fourth-order valence-electron chi connectivity index (χ4n) is 0.634. The van der Waals surface area contributed by atoms with E-state index in [0.29, 0.717) is 5.02 Å². The van der Waals surface area contributed by atoms with Crippen molar-refractivity contribution in [2.75, 3.05) is 0 Å². The molecule has 0 aliphatic rings.